The van der Waals surface area contributed by atoms with Crippen LogP contribution in [-0.4, -0.2) is 13.2 Å². The second-order valence-corrected chi connectivity index (χ2v) is 3.73. The summed E-state index contributed by atoms with van der Waals surface area (Å²) in [7, 11) is 0. The quantitative estimate of drug-likeness (QED) is 0.395. The van der Waals surface area contributed by atoms with Crippen molar-refractivity contribution in [3.05, 3.63) is 0 Å². The molecule has 99 valence electrons. The molecule has 0 bridgehead atoms. The summed E-state index contributed by atoms with van der Waals surface area (Å²) in [6.07, 6.45) is 10.5. The van der Waals surface area contributed by atoms with Gasteiger partial charge in [-0.25, -0.2) is 0 Å². The monoisotopic (exact) mass is 395 g/mol. The molecule has 0 fully saturated rings. The first-order valence-corrected chi connectivity index (χ1v) is 5.99. The fraction of sp³-hybridized carbons (Fsp3) is 1.00. The summed E-state index contributed by atoms with van der Waals surface area (Å²) in [6, 6.07) is 0. The summed E-state index contributed by atoms with van der Waals surface area (Å²) in [5.74, 6) is 0. The van der Waals surface area contributed by atoms with Crippen LogP contribution in [0.3, 0.4) is 0 Å². The number of hydrogen-bond donors (Lipinski definition) is 0. The van der Waals surface area contributed by atoms with E-state index in [1.54, 1.807) is 0 Å². The third kappa shape index (κ3) is 24.6. The minimum atomic E-state index is 0. The maximum Gasteiger partial charge on any atom is 2.00 e. The van der Waals surface area contributed by atoms with Crippen molar-refractivity contribution in [2.75, 3.05) is 13.2 Å². The molecule has 0 rings (SSSR count). The van der Waals surface area contributed by atoms with E-state index >= 15 is 0 Å². The fourth-order valence-corrected chi connectivity index (χ4v) is 1.36. The third-order valence-electron chi connectivity index (χ3n) is 2.28. The van der Waals surface area contributed by atoms with Crippen LogP contribution in [0.15, 0.2) is 0 Å². The number of rotatable bonds is 10. The van der Waals surface area contributed by atoms with Gasteiger partial charge in [0, 0.05) is 13.2 Å². The van der Waals surface area contributed by atoms with E-state index in [0.29, 0.717) is 0 Å². The number of ether oxygens (including phenoxy) is 1. The Morgan fingerprint density at radius 1 is 0.625 bits per heavy atom. The molecule has 0 atom stereocenters. The van der Waals surface area contributed by atoms with Crippen molar-refractivity contribution >= 4 is 0 Å². The molecule has 0 saturated carbocycles. The van der Waals surface area contributed by atoms with Gasteiger partial charge < -0.3 is 38.7 Å². The van der Waals surface area contributed by atoms with Crippen LogP contribution in [0.5, 0.6) is 0 Å². The van der Waals surface area contributed by atoms with Gasteiger partial charge in [-0.2, -0.15) is 0 Å². The topological polar surface area (TPSA) is 9.23 Å². The predicted octanol–water partition coefficient (Wildman–Crippen LogP) is -1.83. The Balaban J connectivity index is -0.000000240. The second-order valence-electron chi connectivity index (χ2n) is 3.73. The summed E-state index contributed by atoms with van der Waals surface area (Å²) in [5, 5.41) is 0. The molecule has 0 aliphatic carbocycles. The fourth-order valence-electron chi connectivity index (χ4n) is 1.36. The summed E-state index contributed by atoms with van der Waals surface area (Å²) < 4.78 is 5.53. The minimum absolute atomic E-state index is 0. The molecule has 0 aliphatic heterocycles. The van der Waals surface area contributed by atoms with Crippen molar-refractivity contribution in [2.24, 2.45) is 0 Å². The SMILES string of the molecule is CCCCCCOCCCCCC.[Br-].[Br-].[V+2]. The van der Waals surface area contributed by atoms with Crippen molar-refractivity contribution in [2.45, 2.75) is 65.2 Å². The van der Waals surface area contributed by atoms with Gasteiger partial charge in [0.05, 0.1) is 0 Å². The summed E-state index contributed by atoms with van der Waals surface area (Å²) >= 11 is 0. The van der Waals surface area contributed by atoms with Crippen LogP contribution in [0.25, 0.3) is 0 Å². The Morgan fingerprint density at radius 2 is 1.00 bits per heavy atom. The largest absolute Gasteiger partial charge is 2.00 e. The van der Waals surface area contributed by atoms with E-state index in [1.165, 1.54) is 51.4 Å². The first kappa shape index (κ1) is 26.1. The first-order valence-electron chi connectivity index (χ1n) is 5.99. The van der Waals surface area contributed by atoms with E-state index in [9.17, 15) is 0 Å². The molecule has 0 aliphatic rings. The van der Waals surface area contributed by atoms with Crippen LogP contribution in [0, 0.1) is 0 Å². The van der Waals surface area contributed by atoms with Crippen LogP contribution in [0.4, 0.5) is 0 Å². The van der Waals surface area contributed by atoms with E-state index in [-0.39, 0.29) is 52.5 Å². The molecule has 0 saturated heterocycles. The molecule has 1 radical (unpaired) electrons. The predicted molar refractivity (Wildman–Crippen MR) is 59.1 cm³/mol. The van der Waals surface area contributed by atoms with Gasteiger partial charge in [0.25, 0.3) is 0 Å². The Hall–Kier alpha value is 1.50. The van der Waals surface area contributed by atoms with E-state index in [2.05, 4.69) is 13.8 Å². The van der Waals surface area contributed by atoms with Gasteiger partial charge in [0.15, 0.2) is 0 Å². The van der Waals surface area contributed by atoms with Crippen molar-refractivity contribution < 1.29 is 57.3 Å². The van der Waals surface area contributed by atoms with Gasteiger partial charge in [-0.3, -0.25) is 0 Å². The van der Waals surface area contributed by atoms with Crippen LogP contribution in [0.1, 0.15) is 65.2 Å². The smallest absolute Gasteiger partial charge is 1.00 e. The maximum atomic E-state index is 5.53. The summed E-state index contributed by atoms with van der Waals surface area (Å²) in [6.45, 7) is 6.44. The Labute approximate surface area is 135 Å². The zero-order valence-corrected chi connectivity index (χ0v) is 15.3. The van der Waals surface area contributed by atoms with Crippen molar-refractivity contribution in [3.63, 3.8) is 0 Å². The molecule has 0 spiro atoms. The van der Waals surface area contributed by atoms with E-state index in [0.717, 1.165) is 13.2 Å². The second kappa shape index (κ2) is 25.4. The van der Waals surface area contributed by atoms with Gasteiger partial charge in [-0.15, -0.1) is 0 Å². The number of hydrogen-bond acceptors (Lipinski definition) is 1. The molecule has 0 unspecified atom stereocenters. The molecular weight excluding hydrogens is 371 g/mol. The molecule has 0 aromatic rings. The van der Waals surface area contributed by atoms with Gasteiger partial charge in [0.2, 0.25) is 0 Å². The van der Waals surface area contributed by atoms with E-state index in [1.807, 2.05) is 0 Å². The van der Waals surface area contributed by atoms with Crippen molar-refractivity contribution in [3.8, 4) is 0 Å². The Kier molecular flexibility index (Phi) is 41.5. The molecule has 0 heterocycles. The molecule has 0 N–H and O–H groups in total. The van der Waals surface area contributed by atoms with Gasteiger partial charge in [0.1, 0.15) is 0 Å². The average Bonchev–Trinajstić information content (AvgIpc) is 2.16. The van der Waals surface area contributed by atoms with Crippen LogP contribution in [0.2, 0.25) is 0 Å². The maximum absolute atomic E-state index is 5.53. The van der Waals surface area contributed by atoms with Crippen molar-refractivity contribution in [1.29, 1.82) is 0 Å². The molecule has 0 aromatic heterocycles. The van der Waals surface area contributed by atoms with Gasteiger partial charge >= 0.3 is 18.6 Å². The molecule has 16 heavy (non-hydrogen) atoms. The van der Waals surface area contributed by atoms with Gasteiger partial charge in [-0.05, 0) is 12.8 Å². The van der Waals surface area contributed by atoms with E-state index < -0.39 is 0 Å². The van der Waals surface area contributed by atoms with Gasteiger partial charge in [-0.1, -0.05) is 52.4 Å². The molecule has 0 amide bonds. The molecule has 4 heteroatoms. The normalized spacial score (nSPS) is 8.62. The van der Waals surface area contributed by atoms with Crippen LogP contribution >= 0.6 is 0 Å². The average molecular weight is 397 g/mol. The molecule has 0 aromatic carbocycles. The van der Waals surface area contributed by atoms with Crippen LogP contribution in [-0.2, 0) is 23.3 Å². The standard InChI is InChI=1S/C12H26O.2BrH.V/c1-3-5-7-9-11-13-12-10-8-6-4-2;;;/h3-12H2,1-2H3;2*1H;/q;;;+2/p-2. The molecular formula is C12H26Br2OV. The Bertz CT molecular complexity index is 85.1. The zero-order valence-electron chi connectivity index (χ0n) is 10.7. The summed E-state index contributed by atoms with van der Waals surface area (Å²) in [5.41, 5.74) is 0. The van der Waals surface area contributed by atoms with Crippen molar-refractivity contribution in [1.82, 2.24) is 0 Å². The first-order chi connectivity index (χ1) is 6.41. The minimum Gasteiger partial charge on any atom is -1.00 e. The number of halogens is 2. The number of unbranched alkanes of at least 4 members (excludes halogenated alkanes) is 6. The third-order valence-corrected chi connectivity index (χ3v) is 2.28. The van der Waals surface area contributed by atoms with Crippen LogP contribution < -0.4 is 34.0 Å². The zero-order chi connectivity index (χ0) is 9.78. The summed E-state index contributed by atoms with van der Waals surface area (Å²) in [4.78, 5) is 0. The van der Waals surface area contributed by atoms with E-state index in [4.69, 9.17) is 4.74 Å². The molecule has 1 nitrogen and oxygen atoms in total. The Morgan fingerprint density at radius 3 is 1.31 bits per heavy atom.